The molecular formula is C16H30O7. The summed E-state index contributed by atoms with van der Waals surface area (Å²) in [7, 11) is 0. The predicted octanol–water partition coefficient (Wildman–Crippen LogP) is -0.00980. The quantitative estimate of drug-likeness (QED) is 0.572. The summed E-state index contributed by atoms with van der Waals surface area (Å²) in [4.78, 5) is 0. The Labute approximate surface area is 137 Å². The zero-order valence-corrected chi connectivity index (χ0v) is 14.3. The molecule has 2 saturated heterocycles. The Morgan fingerprint density at radius 1 is 1.17 bits per heavy atom. The van der Waals surface area contributed by atoms with Gasteiger partial charge in [0.2, 0.25) is 0 Å². The predicted molar refractivity (Wildman–Crippen MR) is 81.4 cm³/mol. The zero-order valence-electron chi connectivity index (χ0n) is 14.3. The van der Waals surface area contributed by atoms with E-state index in [1.54, 1.807) is 13.8 Å². The number of ether oxygens (including phenoxy) is 3. The number of hydrogen-bond acceptors (Lipinski definition) is 7. The molecule has 2 rings (SSSR count). The van der Waals surface area contributed by atoms with Crippen LogP contribution in [0.5, 0.6) is 0 Å². The normalized spacial score (nSPS) is 51.7. The van der Waals surface area contributed by atoms with Gasteiger partial charge in [-0.05, 0) is 13.3 Å². The first kappa shape index (κ1) is 19.1. The summed E-state index contributed by atoms with van der Waals surface area (Å²) in [5.74, 6) is -0.377. The highest BCUT2D eigenvalue weighted by Crippen LogP contribution is 2.40. The molecule has 0 bridgehead atoms. The summed E-state index contributed by atoms with van der Waals surface area (Å²) >= 11 is 0. The summed E-state index contributed by atoms with van der Waals surface area (Å²) in [6.45, 7) is 7.21. The first-order valence-corrected chi connectivity index (χ1v) is 8.35. The highest BCUT2D eigenvalue weighted by Gasteiger charge is 2.48. The first-order valence-electron chi connectivity index (χ1n) is 8.35. The van der Waals surface area contributed by atoms with Crippen LogP contribution in [0.1, 0.15) is 40.5 Å². The Balaban J connectivity index is 2.06. The summed E-state index contributed by atoms with van der Waals surface area (Å²) < 4.78 is 16.8. The van der Waals surface area contributed by atoms with Gasteiger partial charge in [-0.15, -0.1) is 0 Å². The minimum Gasteiger partial charge on any atom is -0.394 e. The van der Waals surface area contributed by atoms with E-state index in [0.717, 1.165) is 6.42 Å². The molecule has 0 aromatic rings. The van der Waals surface area contributed by atoms with Crippen LogP contribution in [-0.4, -0.2) is 70.1 Å². The number of hydrogen-bond donors (Lipinski definition) is 4. The van der Waals surface area contributed by atoms with E-state index < -0.39 is 43.1 Å². The summed E-state index contributed by atoms with van der Waals surface area (Å²) in [6.07, 6.45) is -4.32. The van der Waals surface area contributed by atoms with Gasteiger partial charge >= 0.3 is 0 Å². The van der Waals surface area contributed by atoms with Crippen LogP contribution in [0.15, 0.2) is 0 Å². The lowest BCUT2D eigenvalue weighted by Crippen LogP contribution is -2.58. The van der Waals surface area contributed by atoms with Crippen molar-refractivity contribution < 1.29 is 34.6 Å². The molecule has 9 atom stereocenters. The second-order valence-electron chi connectivity index (χ2n) is 7.13. The number of aliphatic hydroxyl groups excluding tert-OH is 4. The topological polar surface area (TPSA) is 109 Å². The van der Waals surface area contributed by atoms with Crippen molar-refractivity contribution in [2.75, 3.05) is 6.61 Å². The SMILES string of the molecule is CCC1(C)CC(OC2C(O)OC(CO)C(C)C2O)OC(C)C1O. The second-order valence-corrected chi connectivity index (χ2v) is 7.13. The average molecular weight is 334 g/mol. The Bertz CT molecular complexity index is 393. The first-order chi connectivity index (χ1) is 10.7. The molecule has 0 amide bonds. The van der Waals surface area contributed by atoms with Gasteiger partial charge in [-0.1, -0.05) is 20.8 Å². The van der Waals surface area contributed by atoms with Crippen LogP contribution in [0.2, 0.25) is 0 Å². The van der Waals surface area contributed by atoms with Gasteiger partial charge in [0.25, 0.3) is 0 Å². The van der Waals surface area contributed by atoms with E-state index in [0.29, 0.717) is 6.42 Å². The Kier molecular flexibility index (Phi) is 6.05. The van der Waals surface area contributed by atoms with E-state index in [2.05, 4.69) is 0 Å². The van der Waals surface area contributed by atoms with Gasteiger partial charge < -0.3 is 34.6 Å². The van der Waals surface area contributed by atoms with Gasteiger partial charge in [-0.2, -0.15) is 0 Å². The van der Waals surface area contributed by atoms with Crippen LogP contribution in [0.3, 0.4) is 0 Å². The molecule has 2 fully saturated rings. The lowest BCUT2D eigenvalue weighted by Gasteiger charge is -2.47. The average Bonchev–Trinajstić information content (AvgIpc) is 2.52. The maximum absolute atomic E-state index is 10.4. The molecule has 0 spiro atoms. The van der Waals surface area contributed by atoms with Crippen molar-refractivity contribution in [3.8, 4) is 0 Å². The third-order valence-electron chi connectivity index (χ3n) is 5.51. The van der Waals surface area contributed by atoms with Gasteiger partial charge in [0.05, 0.1) is 31.0 Å². The fraction of sp³-hybridized carbons (Fsp3) is 1.00. The lowest BCUT2D eigenvalue weighted by atomic mass is 9.74. The fourth-order valence-corrected chi connectivity index (χ4v) is 3.46. The Morgan fingerprint density at radius 3 is 2.39 bits per heavy atom. The largest absolute Gasteiger partial charge is 0.394 e. The molecule has 0 saturated carbocycles. The monoisotopic (exact) mass is 334 g/mol. The van der Waals surface area contributed by atoms with Crippen LogP contribution in [0.25, 0.3) is 0 Å². The second kappa shape index (κ2) is 7.31. The molecule has 136 valence electrons. The van der Waals surface area contributed by atoms with E-state index in [-0.39, 0.29) is 17.9 Å². The number of rotatable bonds is 4. The van der Waals surface area contributed by atoms with E-state index >= 15 is 0 Å². The molecule has 7 heteroatoms. The van der Waals surface area contributed by atoms with E-state index in [4.69, 9.17) is 14.2 Å². The van der Waals surface area contributed by atoms with Gasteiger partial charge in [0, 0.05) is 17.8 Å². The van der Waals surface area contributed by atoms with Crippen molar-refractivity contribution in [3.63, 3.8) is 0 Å². The molecule has 0 aromatic heterocycles. The van der Waals surface area contributed by atoms with Gasteiger partial charge in [-0.25, -0.2) is 0 Å². The molecule has 7 nitrogen and oxygen atoms in total. The van der Waals surface area contributed by atoms with Crippen LogP contribution in [-0.2, 0) is 14.2 Å². The van der Waals surface area contributed by atoms with Crippen molar-refractivity contribution >= 4 is 0 Å². The van der Waals surface area contributed by atoms with Crippen LogP contribution in [0, 0.1) is 11.3 Å². The van der Waals surface area contributed by atoms with Crippen LogP contribution >= 0.6 is 0 Å². The molecule has 0 radical (unpaired) electrons. The minimum absolute atomic E-state index is 0.279. The van der Waals surface area contributed by atoms with Gasteiger partial charge in [0.15, 0.2) is 12.6 Å². The molecule has 4 N–H and O–H groups in total. The highest BCUT2D eigenvalue weighted by atomic mass is 16.7. The molecule has 2 aliphatic heterocycles. The van der Waals surface area contributed by atoms with E-state index in [9.17, 15) is 20.4 Å². The summed E-state index contributed by atoms with van der Waals surface area (Å²) in [5, 5.41) is 40.0. The van der Waals surface area contributed by atoms with Crippen molar-refractivity contribution in [1.82, 2.24) is 0 Å². The molecule has 23 heavy (non-hydrogen) atoms. The van der Waals surface area contributed by atoms with E-state index in [1.807, 2.05) is 13.8 Å². The van der Waals surface area contributed by atoms with Crippen molar-refractivity contribution in [2.45, 2.75) is 83.6 Å². The van der Waals surface area contributed by atoms with Crippen molar-refractivity contribution in [1.29, 1.82) is 0 Å². The van der Waals surface area contributed by atoms with Crippen LogP contribution in [0.4, 0.5) is 0 Å². The molecule has 2 aliphatic rings. The third-order valence-corrected chi connectivity index (χ3v) is 5.51. The van der Waals surface area contributed by atoms with Crippen molar-refractivity contribution in [2.24, 2.45) is 11.3 Å². The highest BCUT2D eigenvalue weighted by molar-refractivity contribution is 4.92. The molecule has 9 unspecified atom stereocenters. The third kappa shape index (κ3) is 3.71. The molecule has 0 aromatic carbocycles. The zero-order chi connectivity index (χ0) is 17.4. The van der Waals surface area contributed by atoms with Crippen molar-refractivity contribution in [3.05, 3.63) is 0 Å². The maximum Gasteiger partial charge on any atom is 0.184 e. The van der Waals surface area contributed by atoms with E-state index in [1.165, 1.54) is 0 Å². The Morgan fingerprint density at radius 2 is 1.83 bits per heavy atom. The maximum atomic E-state index is 10.4. The number of aliphatic hydroxyl groups is 4. The Hall–Kier alpha value is -0.280. The molecule has 0 aliphatic carbocycles. The summed E-state index contributed by atoms with van der Waals surface area (Å²) in [5.41, 5.74) is -0.354. The lowest BCUT2D eigenvalue weighted by molar-refractivity contribution is -0.337. The van der Waals surface area contributed by atoms with Crippen LogP contribution < -0.4 is 0 Å². The molecular weight excluding hydrogens is 304 g/mol. The van der Waals surface area contributed by atoms with Gasteiger partial charge in [0.1, 0.15) is 6.10 Å². The summed E-state index contributed by atoms with van der Waals surface area (Å²) in [6, 6.07) is 0. The standard InChI is InChI=1S/C16H30O7/c1-5-16(4)6-11(21-9(3)14(16)19)23-13-12(18)8(2)10(7-17)22-15(13)20/h8-15,17-20H,5-7H2,1-4H3. The van der Waals surface area contributed by atoms with Gasteiger partial charge in [-0.3, -0.25) is 0 Å². The minimum atomic E-state index is -1.34. The fourth-order valence-electron chi connectivity index (χ4n) is 3.46. The molecule has 2 heterocycles. The smallest absolute Gasteiger partial charge is 0.184 e.